The van der Waals surface area contributed by atoms with Crippen LogP contribution in [0.4, 0.5) is 5.82 Å². The molecule has 2 heterocycles. The lowest BCUT2D eigenvalue weighted by Crippen LogP contribution is -2.16. The highest BCUT2D eigenvalue weighted by Crippen LogP contribution is 2.24. The topological polar surface area (TPSA) is 88.5 Å². The van der Waals surface area contributed by atoms with Crippen molar-refractivity contribution in [3.63, 3.8) is 0 Å². The van der Waals surface area contributed by atoms with Gasteiger partial charge in [0.05, 0.1) is 11.4 Å². The third kappa shape index (κ3) is 4.67. The Morgan fingerprint density at radius 3 is 2.66 bits per heavy atom. The molecule has 0 unspecified atom stereocenters. The Hall–Kier alpha value is -3.10. The van der Waals surface area contributed by atoms with Gasteiger partial charge in [0, 0.05) is 29.3 Å². The molecule has 0 bridgehead atoms. The molecule has 0 spiro atoms. The second kappa shape index (κ2) is 8.50. The first-order valence-corrected chi connectivity index (χ1v) is 10.2. The van der Waals surface area contributed by atoms with Crippen LogP contribution in [0.25, 0.3) is 22.6 Å². The number of rotatable bonds is 6. The monoisotopic (exact) mass is 424 g/mol. The molecule has 0 atom stereocenters. The van der Waals surface area contributed by atoms with Gasteiger partial charge in [-0.15, -0.1) is 5.10 Å². The molecule has 2 N–H and O–H groups in total. The molecule has 2 aromatic carbocycles. The Kier molecular flexibility index (Phi) is 5.64. The van der Waals surface area contributed by atoms with Crippen LogP contribution in [0.3, 0.4) is 0 Å². The van der Waals surface area contributed by atoms with Crippen LogP contribution in [-0.2, 0) is 11.8 Å². The molecule has 1 amide bonds. The summed E-state index contributed by atoms with van der Waals surface area (Å²) < 4.78 is 1.63. The van der Waals surface area contributed by atoms with Crippen LogP contribution in [-0.4, -0.2) is 36.6 Å². The minimum Gasteiger partial charge on any atom is -0.310 e. The number of amides is 1. The second-order valence-corrected chi connectivity index (χ2v) is 7.59. The lowest BCUT2D eigenvalue weighted by molar-refractivity contribution is -0.113. The van der Waals surface area contributed by atoms with Gasteiger partial charge >= 0.3 is 0 Å². The molecule has 0 saturated carbocycles. The zero-order valence-electron chi connectivity index (χ0n) is 15.5. The van der Waals surface area contributed by atoms with Crippen LogP contribution in [0.2, 0.25) is 5.02 Å². The molecule has 4 aromatic rings. The van der Waals surface area contributed by atoms with Crippen LogP contribution in [0.15, 0.2) is 65.8 Å². The SMILES string of the molecule is Cn1nc(-c2ccc(Cl)cc2)cc1NC(=O)CSc1n[nH]c(-c2ccccc2)n1. The summed E-state index contributed by atoms with van der Waals surface area (Å²) in [6.07, 6.45) is 0. The van der Waals surface area contributed by atoms with E-state index < -0.39 is 0 Å². The van der Waals surface area contributed by atoms with Gasteiger partial charge in [0.2, 0.25) is 11.1 Å². The van der Waals surface area contributed by atoms with E-state index >= 15 is 0 Å². The molecule has 0 saturated heterocycles. The molecule has 4 rings (SSSR count). The van der Waals surface area contributed by atoms with E-state index in [9.17, 15) is 4.79 Å². The van der Waals surface area contributed by atoms with Crippen molar-refractivity contribution in [3.8, 4) is 22.6 Å². The number of aryl methyl sites for hydroxylation is 1. The number of carbonyl (C=O) groups excluding carboxylic acids is 1. The number of benzene rings is 2. The molecule has 0 aliphatic carbocycles. The Bertz CT molecular complexity index is 1120. The molecule has 0 fully saturated rings. The van der Waals surface area contributed by atoms with Crippen LogP contribution in [0.5, 0.6) is 0 Å². The average molecular weight is 425 g/mol. The van der Waals surface area contributed by atoms with E-state index in [1.165, 1.54) is 11.8 Å². The number of hydrogen-bond acceptors (Lipinski definition) is 5. The minimum atomic E-state index is -0.160. The number of aromatic nitrogens is 5. The van der Waals surface area contributed by atoms with Gasteiger partial charge in [-0.05, 0) is 12.1 Å². The summed E-state index contributed by atoms with van der Waals surface area (Å²) in [5, 5.41) is 15.5. The van der Waals surface area contributed by atoms with Crippen molar-refractivity contribution in [2.24, 2.45) is 7.05 Å². The standard InChI is InChI=1S/C20H17ClN6OS/c1-27-17(11-16(26-27)13-7-9-15(21)10-8-13)22-18(28)12-29-20-23-19(24-25-20)14-5-3-2-4-6-14/h2-11H,12H2,1H3,(H,22,28)(H,23,24,25). The fourth-order valence-corrected chi connectivity index (χ4v) is 3.42. The number of thioether (sulfide) groups is 1. The number of aromatic amines is 1. The summed E-state index contributed by atoms with van der Waals surface area (Å²) in [5.74, 6) is 1.31. The molecule has 0 radical (unpaired) electrons. The fraction of sp³-hybridized carbons (Fsp3) is 0.100. The van der Waals surface area contributed by atoms with E-state index in [1.54, 1.807) is 23.9 Å². The van der Waals surface area contributed by atoms with E-state index in [2.05, 4.69) is 25.6 Å². The van der Waals surface area contributed by atoms with E-state index in [4.69, 9.17) is 11.6 Å². The minimum absolute atomic E-state index is 0.160. The summed E-state index contributed by atoms with van der Waals surface area (Å²) in [5.41, 5.74) is 2.63. The lowest BCUT2D eigenvalue weighted by Gasteiger charge is -2.03. The van der Waals surface area contributed by atoms with Crippen LogP contribution in [0.1, 0.15) is 0 Å². The van der Waals surface area contributed by atoms with Gasteiger partial charge in [0.15, 0.2) is 5.82 Å². The summed E-state index contributed by atoms with van der Waals surface area (Å²) in [6.45, 7) is 0. The molecule has 0 aliphatic heterocycles. The van der Waals surface area contributed by atoms with Crippen LogP contribution < -0.4 is 5.32 Å². The van der Waals surface area contributed by atoms with Crippen molar-refractivity contribution in [1.29, 1.82) is 0 Å². The maximum atomic E-state index is 12.3. The van der Waals surface area contributed by atoms with Crippen molar-refractivity contribution in [1.82, 2.24) is 25.0 Å². The predicted molar refractivity (Wildman–Crippen MR) is 115 cm³/mol. The van der Waals surface area contributed by atoms with Crippen molar-refractivity contribution in [2.45, 2.75) is 5.16 Å². The number of nitrogens with zero attached hydrogens (tertiary/aromatic N) is 4. The van der Waals surface area contributed by atoms with Gasteiger partial charge in [-0.2, -0.15) is 5.10 Å². The Balaban J connectivity index is 1.37. The molecule has 146 valence electrons. The maximum Gasteiger partial charge on any atom is 0.235 e. The molecule has 29 heavy (non-hydrogen) atoms. The van der Waals surface area contributed by atoms with Gasteiger partial charge in [0.1, 0.15) is 5.82 Å². The molecule has 0 aliphatic rings. The summed E-state index contributed by atoms with van der Waals surface area (Å²) in [6, 6.07) is 18.9. The van der Waals surface area contributed by atoms with Gasteiger partial charge in [-0.1, -0.05) is 65.8 Å². The van der Waals surface area contributed by atoms with Gasteiger partial charge in [-0.25, -0.2) is 4.98 Å². The number of halogens is 1. The Labute approximate surface area is 176 Å². The lowest BCUT2D eigenvalue weighted by atomic mass is 10.1. The highest BCUT2D eigenvalue weighted by molar-refractivity contribution is 7.99. The smallest absolute Gasteiger partial charge is 0.235 e. The van der Waals surface area contributed by atoms with Crippen molar-refractivity contribution < 1.29 is 4.79 Å². The Morgan fingerprint density at radius 2 is 1.90 bits per heavy atom. The third-order valence-electron chi connectivity index (χ3n) is 4.13. The fourth-order valence-electron chi connectivity index (χ4n) is 2.69. The molecule has 7 nitrogen and oxygen atoms in total. The molecular formula is C20H17ClN6OS. The van der Waals surface area contributed by atoms with E-state index in [0.29, 0.717) is 21.8 Å². The van der Waals surface area contributed by atoms with Crippen LogP contribution >= 0.6 is 23.4 Å². The quantitative estimate of drug-likeness (QED) is 0.451. The summed E-state index contributed by atoms with van der Waals surface area (Å²) in [4.78, 5) is 16.8. The number of hydrogen-bond donors (Lipinski definition) is 2. The Morgan fingerprint density at radius 1 is 1.14 bits per heavy atom. The number of anilines is 1. The van der Waals surface area contributed by atoms with Crippen molar-refractivity contribution in [3.05, 3.63) is 65.7 Å². The molecule has 9 heteroatoms. The highest BCUT2D eigenvalue weighted by atomic mass is 35.5. The van der Waals surface area contributed by atoms with Gasteiger partial charge in [-0.3, -0.25) is 14.6 Å². The van der Waals surface area contributed by atoms with Crippen molar-refractivity contribution in [2.75, 3.05) is 11.1 Å². The first-order chi connectivity index (χ1) is 14.1. The van der Waals surface area contributed by atoms with Gasteiger partial charge in [0.25, 0.3) is 0 Å². The highest BCUT2D eigenvalue weighted by Gasteiger charge is 2.12. The van der Waals surface area contributed by atoms with Crippen LogP contribution in [0, 0.1) is 0 Å². The van der Waals surface area contributed by atoms with Crippen molar-refractivity contribution >= 4 is 35.1 Å². The third-order valence-corrected chi connectivity index (χ3v) is 5.23. The zero-order chi connectivity index (χ0) is 20.2. The summed E-state index contributed by atoms with van der Waals surface area (Å²) >= 11 is 7.19. The van der Waals surface area contributed by atoms with E-state index in [0.717, 1.165) is 16.8 Å². The maximum absolute atomic E-state index is 12.3. The molecule has 2 aromatic heterocycles. The number of H-pyrrole nitrogens is 1. The van der Waals surface area contributed by atoms with E-state index in [1.807, 2.05) is 48.5 Å². The first kappa shape index (κ1) is 19.2. The number of carbonyl (C=O) groups is 1. The van der Waals surface area contributed by atoms with E-state index in [-0.39, 0.29) is 11.7 Å². The zero-order valence-corrected chi connectivity index (χ0v) is 17.0. The number of nitrogens with one attached hydrogen (secondary N) is 2. The average Bonchev–Trinajstić information content (AvgIpc) is 3.35. The predicted octanol–water partition coefficient (Wildman–Crippen LogP) is 4.26. The summed E-state index contributed by atoms with van der Waals surface area (Å²) in [7, 11) is 1.78. The second-order valence-electron chi connectivity index (χ2n) is 6.21. The normalized spacial score (nSPS) is 10.8. The van der Waals surface area contributed by atoms with Gasteiger partial charge < -0.3 is 5.32 Å². The largest absolute Gasteiger partial charge is 0.310 e. The first-order valence-electron chi connectivity index (χ1n) is 8.79. The molecular weight excluding hydrogens is 408 g/mol.